The Bertz CT molecular complexity index is 501. The van der Waals surface area contributed by atoms with E-state index in [2.05, 4.69) is 0 Å². The van der Waals surface area contributed by atoms with Gasteiger partial charge in [-0.25, -0.2) is 0 Å². The molecule has 1 aliphatic heterocycles. The van der Waals surface area contributed by atoms with Crippen LogP contribution >= 0.6 is 0 Å². The minimum atomic E-state index is 0.112. The molecule has 1 heterocycles. The van der Waals surface area contributed by atoms with Crippen LogP contribution in [0.1, 0.15) is 52.0 Å². The highest BCUT2D eigenvalue weighted by Crippen LogP contribution is 2.26. The van der Waals surface area contributed by atoms with Crippen LogP contribution in [0.2, 0.25) is 0 Å². The van der Waals surface area contributed by atoms with Crippen LogP contribution in [0.25, 0.3) is 0 Å². The van der Waals surface area contributed by atoms with Crippen LogP contribution in [0.4, 0.5) is 0 Å². The minimum Gasteiger partial charge on any atom is -0.339 e. The van der Waals surface area contributed by atoms with E-state index in [0.717, 1.165) is 49.0 Å². The fourth-order valence-electron chi connectivity index (χ4n) is 2.96. The Morgan fingerprint density at radius 1 is 1.06 bits per heavy atom. The molecule has 0 unspecified atom stereocenters. The van der Waals surface area contributed by atoms with Crippen molar-refractivity contribution in [3.05, 3.63) is 34.9 Å². The Kier molecular flexibility index (Phi) is 2.90. The first kappa shape index (κ1) is 11.5. The summed E-state index contributed by atoms with van der Waals surface area (Å²) in [6, 6.07) is 5.55. The fraction of sp³-hybridized carbons (Fsp3) is 0.467. The normalized spacial score (nSPS) is 18.9. The van der Waals surface area contributed by atoms with Crippen molar-refractivity contribution in [2.75, 3.05) is 13.1 Å². The van der Waals surface area contributed by atoms with Gasteiger partial charge in [-0.3, -0.25) is 9.59 Å². The first-order valence-corrected chi connectivity index (χ1v) is 6.72. The second-order valence-corrected chi connectivity index (χ2v) is 5.11. The standard InChI is InChI=1S/C15H17NO2/c17-14-8-7-11-12(14)5-4-6-13(11)15(18)16-9-2-1-3-10-16/h4-6H,1-3,7-10H2. The number of carbonyl (C=O) groups is 2. The van der Waals surface area contributed by atoms with E-state index in [9.17, 15) is 9.59 Å². The van der Waals surface area contributed by atoms with Gasteiger partial charge in [0.25, 0.3) is 5.91 Å². The average Bonchev–Trinajstić information content (AvgIpc) is 2.81. The van der Waals surface area contributed by atoms with Gasteiger partial charge in [-0.05, 0) is 37.3 Å². The summed E-state index contributed by atoms with van der Waals surface area (Å²) >= 11 is 0. The third-order valence-corrected chi connectivity index (χ3v) is 3.95. The number of nitrogens with zero attached hydrogens (tertiary/aromatic N) is 1. The zero-order valence-corrected chi connectivity index (χ0v) is 10.4. The van der Waals surface area contributed by atoms with Gasteiger partial charge in [0.1, 0.15) is 0 Å². The Morgan fingerprint density at radius 3 is 2.61 bits per heavy atom. The highest BCUT2D eigenvalue weighted by molar-refractivity contribution is 6.05. The summed E-state index contributed by atoms with van der Waals surface area (Å²) in [6.07, 6.45) is 4.69. The van der Waals surface area contributed by atoms with Gasteiger partial charge < -0.3 is 4.90 Å². The zero-order valence-electron chi connectivity index (χ0n) is 10.4. The van der Waals surface area contributed by atoms with Gasteiger partial charge in [0, 0.05) is 30.6 Å². The molecule has 1 aromatic carbocycles. The van der Waals surface area contributed by atoms with E-state index in [0.29, 0.717) is 6.42 Å². The first-order chi connectivity index (χ1) is 8.77. The molecule has 0 saturated carbocycles. The number of benzene rings is 1. The molecule has 1 fully saturated rings. The van der Waals surface area contributed by atoms with E-state index < -0.39 is 0 Å². The molecule has 0 radical (unpaired) electrons. The molecule has 0 N–H and O–H groups in total. The van der Waals surface area contributed by atoms with E-state index >= 15 is 0 Å². The Morgan fingerprint density at radius 2 is 1.83 bits per heavy atom. The predicted molar refractivity (Wildman–Crippen MR) is 68.8 cm³/mol. The highest BCUT2D eigenvalue weighted by atomic mass is 16.2. The number of amides is 1. The maximum absolute atomic E-state index is 12.5. The average molecular weight is 243 g/mol. The van der Waals surface area contributed by atoms with Gasteiger partial charge in [0.15, 0.2) is 5.78 Å². The molecule has 3 heteroatoms. The maximum atomic E-state index is 12.5. The highest BCUT2D eigenvalue weighted by Gasteiger charge is 2.27. The van der Waals surface area contributed by atoms with Crippen LogP contribution in [-0.2, 0) is 6.42 Å². The van der Waals surface area contributed by atoms with Gasteiger partial charge in [-0.1, -0.05) is 12.1 Å². The van der Waals surface area contributed by atoms with Crippen molar-refractivity contribution >= 4 is 11.7 Å². The number of piperidine rings is 1. The zero-order chi connectivity index (χ0) is 12.5. The molecule has 0 bridgehead atoms. The largest absolute Gasteiger partial charge is 0.339 e. The van der Waals surface area contributed by atoms with Crippen LogP contribution in [0.3, 0.4) is 0 Å². The lowest BCUT2D eigenvalue weighted by molar-refractivity contribution is 0.0723. The van der Waals surface area contributed by atoms with Crippen LogP contribution in [0.15, 0.2) is 18.2 Å². The third kappa shape index (κ3) is 1.84. The molecule has 1 amide bonds. The van der Waals surface area contributed by atoms with Gasteiger partial charge in [0.2, 0.25) is 0 Å². The molecule has 94 valence electrons. The SMILES string of the molecule is O=C1CCc2c1cccc2C(=O)N1CCCCC1. The van der Waals surface area contributed by atoms with Crippen LogP contribution in [0.5, 0.6) is 0 Å². The minimum absolute atomic E-state index is 0.112. The lowest BCUT2D eigenvalue weighted by Crippen LogP contribution is -2.36. The van der Waals surface area contributed by atoms with Crippen molar-refractivity contribution < 1.29 is 9.59 Å². The number of likely N-dealkylation sites (tertiary alicyclic amines) is 1. The Hall–Kier alpha value is -1.64. The molecule has 2 aliphatic rings. The molecule has 0 atom stereocenters. The molecule has 0 aromatic heterocycles. The molecule has 0 spiro atoms. The Labute approximate surface area is 107 Å². The smallest absolute Gasteiger partial charge is 0.254 e. The van der Waals surface area contributed by atoms with Crippen LogP contribution in [0, 0.1) is 0 Å². The summed E-state index contributed by atoms with van der Waals surface area (Å²) < 4.78 is 0. The second kappa shape index (κ2) is 4.56. The molecular formula is C15H17NO2. The molecule has 18 heavy (non-hydrogen) atoms. The van der Waals surface area contributed by atoms with E-state index in [1.807, 2.05) is 23.1 Å². The van der Waals surface area contributed by atoms with E-state index in [4.69, 9.17) is 0 Å². The monoisotopic (exact) mass is 243 g/mol. The van der Waals surface area contributed by atoms with Crippen molar-refractivity contribution in [2.45, 2.75) is 32.1 Å². The summed E-state index contributed by atoms with van der Waals surface area (Å²) in [6.45, 7) is 1.72. The summed E-state index contributed by atoms with van der Waals surface area (Å²) in [5.41, 5.74) is 2.48. The van der Waals surface area contributed by atoms with Gasteiger partial charge in [0.05, 0.1) is 0 Å². The van der Waals surface area contributed by atoms with Gasteiger partial charge in [-0.15, -0.1) is 0 Å². The van der Waals surface area contributed by atoms with Crippen molar-refractivity contribution in [1.82, 2.24) is 4.90 Å². The number of carbonyl (C=O) groups excluding carboxylic acids is 2. The number of fused-ring (bicyclic) bond motifs is 1. The van der Waals surface area contributed by atoms with E-state index in [-0.39, 0.29) is 11.7 Å². The van der Waals surface area contributed by atoms with Gasteiger partial charge >= 0.3 is 0 Å². The number of Topliss-reactive ketones (excluding diaryl/α,β-unsaturated/α-hetero) is 1. The summed E-state index contributed by atoms with van der Waals surface area (Å²) in [4.78, 5) is 26.1. The summed E-state index contributed by atoms with van der Waals surface area (Å²) in [5, 5.41) is 0. The number of hydrogen-bond donors (Lipinski definition) is 0. The van der Waals surface area contributed by atoms with E-state index in [1.54, 1.807) is 0 Å². The molecule has 3 nitrogen and oxygen atoms in total. The van der Waals surface area contributed by atoms with Crippen LogP contribution in [-0.4, -0.2) is 29.7 Å². The van der Waals surface area contributed by atoms with Crippen molar-refractivity contribution in [2.24, 2.45) is 0 Å². The topological polar surface area (TPSA) is 37.4 Å². The molecule has 1 aliphatic carbocycles. The second-order valence-electron chi connectivity index (χ2n) is 5.11. The quantitative estimate of drug-likeness (QED) is 0.759. The molecule has 3 rings (SSSR count). The summed E-state index contributed by atoms with van der Waals surface area (Å²) in [7, 11) is 0. The van der Waals surface area contributed by atoms with Crippen molar-refractivity contribution in [3.63, 3.8) is 0 Å². The van der Waals surface area contributed by atoms with Gasteiger partial charge in [-0.2, -0.15) is 0 Å². The Balaban J connectivity index is 1.92. The lowest BCUT2D eigenvalue weighted by atomic mass is 10.0. The maximum Gasteiger partial charge on any atom is 0.254 e. The van der Waals surface area contributed by atoms with Crippen molar-refractivity contribution in [1.29, 1.82) is 0 Å². The molecule has 1 aromatic rings. The van der Waals surface area contributed by atoms with Crippen molar-refractivity contribution in [3.8, 4) is 0 Å². The predicted octanol–water partition coefficient (Wildman–Crippen LogP) is 2.44. The number of hydrogen-bond acceptors (Lipinski definition) is 2. The fourth-order valence-corrected chi connectivity index (χ4v) is 2.96. The number of rotatable bonds is 1. The first-order valence-electron chi connectivity index (χ1n) is 6.72. The van der Waals surface area contributed by atoms with Crippen LogP contribution < -0.4 is 0 Å². The number of ketones is 1. The molecule has 1 saturated heterocycles. The summed E-state index contributed by atoms with van der Waals surface area (Å²) in [5.74, 6) is 0.291. The lowest BCUT2D eigenvalue weighted by Gasteiger charge is -2.27. The molecular weight excluding hydrogens is 226 g/mol. The third-order valence-electron chi connectivity index (χ3n) is 3.95. The van der Waals surface area contributed by atoms with E-state index in [1.165, 1.54) is 6.42 Å².